The number of hydrogen-bond acceptors (Lipinski definition) is 4. The smallest absolute Gasteiger partial charge is 0.124 e. The maximum absolute atomic E-state index is 10.0. The molecule has 0 radical (unpaired) electrons. The predicted molar refractivity (Wildman–Crippen MR) is 36.2 cm³/mol. The molecule has 0 fully saturated rings. The van der Waals surface area contributed by atoms with Gasteiger partial charge in [0.1, 0.15) is 6.29 Å². The highest BCUT2D eigenvalue weighted by Crippen LogP contribution is 2.05. The summed E-state index contributed by atoms with van der Waals surface area (Å²) in [5.74, 6) is 0. The number of nitrogen functional groups attached to an aromatic ring is 1. The maximum atomic E-state index is 10.0. The predicted octanol–water partition coefficient (Wildman–Crippen LogP) is -0.200. The highest BCUT2D eigenvalue weighted by molar-refractivity contribution is 5.59. The number of aromatic nitrogens is 2. The van der Waals surface area contributed by atoms with Gasteiger partial charge in [-0.1, -0.05) is 0 Å². The van der Waals surface area contributed by atoms with Crippen molar-refractivity contribution >= 4 is 12.0 Å². The Morgan fingerprint density at radius 2 is 2.20 bits per heavy atom. The number of rotatable bonds is 2. The van der Waals surface area contributed by atoms with Crippen molar-refractivity contribution in [2.24, 2.45) is 0 Å². The summed E-state index contributed by atoms with van der Waals surface area (Å²) in [5.41, 5.74) is 6.69. The van der Waals surface area contributed by atoms with E-state index in [1.54, 1.807) is 0 Å². The molecule has 1 aromatic rings. The number of anilines is 1. The maximum Gasteiger partial charge on any atom is 0.124 e. The topological polar surface area (TPSA) is 68.9 Å². The van der Waals surface area contributed by atoms with Crippen LogP contribution in [0.25, 0.3) is 0 Å². The van der Waals surface area contributed by atoms with Crippen LogP contribution in [-0.2, 0) is 11.2 Å². The Morgan fingerprint density at radius 1 is 1.50 bits per heavy atom. The van der Waals surface area contributed by atoms with E-state index in [1.165, 1.54) is 12.4 Å². The van der Waals surface area contributed by atoms with E-state index >= 15 is 0 Å². The first-order chi connectivity index (χ1) is 4.84. The largest absolute Gasteiger partial charge is 0.397 e. The first kappa shape index (κ1) is 6.67. The third kappa shape index (κ3) is 1.28. The summed E-state index contributed by atoms with van der Waals surface area (Å²) in [4.78, 5) is 10.0. The van der Waals surface area contributed by atoms with Crippen LogP contribution in [0, 0.1) is 0 Å². The molecule has 0 saturated heterocycles. The monoisotopic (exact) mass is 137 g/mol. The van der Waals surface area contributed by atoms with E-state index in [-0.39, 0.29) is 0 Å². The average molecular weight is 137 g/mol. The number of carbonyl (C=O) groups excluding carboxylic acids is 1. The van der Waals surface area contributed by atoms with Gasteiger partial charge in [0.15, 0.2) is 0 Å². The summed E-state index contributed by atoms with van der Waals surface area (Å²) in [6.45, 7) is 0. The van der Waals surface area contributed by atoms with Crippen molar-refractivity contribution in [1.29, 1.82) is 0 Å². The highest BCUT2D eigenvalue weighted by Gasteiger charge is 1.95. The lowest BCUT2D eigenvalue weighted by Crippen LogP contribution is -1.97. The van der Waals surface area contributed by atoms with E-state index in [0.29, 0.717) is 12.1 Å². The molecule has 0 atom stereocenters. The van der Waals surface area contributed by atoms with Crippen LogP contribution in [-0.4, -0.2) is 16.5 Å². The normalized spacial score (nSPS) is 9.20. The molecule has 10 heavy (non-hydrogen) atoms. The molecule has 0 bridgehead atoms. The summed E-state index contributed by atoms with van der Waals surface area (Å²) in [5, 5.41) is 7.11. The third-order valence-corrected chi connectivity index (χ3v) is 1.15. The zero-order chi connectivity index (χ0) is 7.40. The molecule has 0 unspecified atom stereocenters. The third-order valence-electron chi connectivity index (χ3n) is 1.15. The van der Waals surface area contributed by atoms with Gasteiger partial charge in [-0.15, -0.1) is 0 Å². The number of carbonyl (C=O) groups is 1. The number of hydrogen-bond donors (Lipinski definition) is 1. The fourth-order valence-electron chi connectivity index (χ4n) is 0.616. The van der Waals surface area contributed by atoms with Gasteiger partial charge in [-0.3, -0.25) is 0 Å². The Hall–Kier alpha value is -1.45. The zero-order valence-corrected chi connectivity index (χ0v) is 5.32. The number of nitrogens with zero attached hydrogens (tertiary/aromatic N) is 2. The Bertz CT molecular complexity index is 236. The van der Waals surface area contributed by atoms with E-state index in [0.717, 1.165) is 11.8 Å². The average Bonchev–Trinajstić information content (AvgIpc) is 1.94. The van der Waals surface area contributed by atoms with E-state index in [1.807, 2.05) is 0 Å². The fourth-order valence-corrected chi connectivity index (χ4v) is 0.616. The van der Waals surface area contributed by atoms with Gasteiger partial charge in [-0.05, 0) is 0 Å². The second-order valence-electron chi connectivity index (χ2n) is 1.84. The molecule has 0 aliphatic carbocycles. The molecule has 0 aromatic carbocycles. The Balaban J connectivity index is 2.91. The summed E-state index contributed by atoms with van der Waals surface area (Å²) < 4.78 is 0. The van der Waals surface area contributed by atoms with Gasteiger partial charge >= 0.3 is 0 Å². The van der Waals surface area contributed by atoms with Crippen LogP contribution in [0.2, 0.25) is 0 Å². The lowest BCUT2D eigenvalue weighted by atomic mass is 10.2. The van der Waals surface area contributed by atoms with Gasteiger partial charge in [0.25, 0.3) is 0 Å². The second kappa shape index (κ2) is 2.91. The molecule has 0 aliphatic heterocycles. The van der Waals surface area contributed by atoms with Crippen LogP contribution in [0.3, 0.4) is 0 Å². The van der Waals surface area contributed by atoms with Crippen molar-refractivity contribution in [2.75, 3.05) is 5.73 Å². The standard InChI is InChI=1S/C6H7N3O/c7-6-4-9-8-3-5(6)1-2-10/h2-4H,1H2,(H2,7,8). The molecule has 0 spiro atoms. The van der Waals surface area contributed by atoms with Crippen LogP contribution in [0.15, 0.2) is 12.4 Å². The molecular weight excluding hydrogens is 130 g/mol. The number of nitrogens with two attached hydrogens (primary N) is 1. The van der Waals surface area contributed by atoms with Gasteiger partial charge in [-0.25, -0.2) is 0 Å². The van der Waals surface area contributed by atoms with Crippen LogP contribution >= 0.6 is 0 Å². The molecule has 52 valence electrons. The lowest BCUT2D eigenvalue weighted by molar-refractivity contribution is -0.107. The summed E-state index contributed by atoms with van der Waals surface area (Å²) >= 11 is 0. The van der Waals surface area contributed by atoms with Gasteiger partial charge in [0.2, 0.25) is 0 Å². The minimum atomic E-state index is 0.307. The van der Waals surface area contributed by atoms with Gasteiger partial charge in [-0.2, -0.15) is 10.2 Å². The van der Waals surface area contributed by atoms with Crippen molar-refractivity contribution in [3.8, 4) is 0 Å². The van der Waals surface area contributed by atoms with E-state index in [2.05, 4.69) is 10.2 Å². The van der Waals surface area contributed by atoms with Crippen molar-refractivity contribution in [3.05, 3.63) is 18.0 Å². The van der Waals surface area contributed by atoms with Gasteiger partial charge in [0, 0.05) is 12.0 Å². The van der Waals surface area contributed by atoms with E-state index < -0.39 is 0 Å². The van der Waals surface area contributed by atoms with Gasteiger partial charge in [0.05, 0.1) is 18.1 Å². The van der Waals surface area contributed by atoms with Crippen LogP contribution in [0.5, 0.6) is 0 Å². The van der Waals surface area contributed by atoms with Crippen molar-refractivity contribution in [1.82, 2.24) is 10.2 Å². The second-order valence-corrected chi connectivity index (χ2v) is 1.84. The quantitative estimate of drug-likeness (QED) is 0.573. The van der Waals surface area contributed by atoms with Crippen molar-refractivity contribution < 1.29 is 4.79 Å². The summed E-state index contributed by atoms with van der Waals surface area (Å²) in [6, 6.07) is 0. The number of aldehydes is 1. The molecule has 1 rings (SSSR count). The summed E-state index contributed by atoms with van der Waals surface area (Å²) in [6.07, 6.45) is 4.01. The molecule has 0 aliphatic rings. The first-order valence-electron chi connectivity index (χ1n) is 2.83. The molecular formula is C6H7N3O. The molecule has 1 heterocycles. The summed E-state index contributed by atoms with van der Waals surface area (Å²) in [7, 11) is 0. The zero-order valence-electron chi connectivity index (χ0n) is 5.32. The first-order valence-corrected chi connectivity index (χ1v) is 2.83. The van der Waals surface area contributed by atoms with Gasteiger partial charge < -0.3 is 10.5 Å². The Kier molecular flexibility index (Phi) is 1.94. The molecule has 2 N–H and O–H groups in total. The lowest BCUT2D eigenvalue weighted by Gasteiger charge is -1.96. The highest BCUT2D eigenvalue weighted by atomic mass is 16.1. The molecule has 4 nitrogen and oxygen atoms in total. The fraction of sp³-hybridized carbons (Fsp3) is 0.167. The van der Waals surface area contributed by atoms with Crippen LogP contribution in [0.4, 0.5) is 5.69 Å². The molecule has 4 heteroatoms. The van der Waals surface area contributed by atoms with Crippen LogP contribution < -0.4 is 5.73 Å². The minimum absolute atomic E-state index is 0.307. The van der Waals surface area contributed by atoms with Crippen molar-refractivity contribution in [3.63, 3.8) is 0 Å². The molecule has 0 saturated carbocycles. The van der Waals surface area contributed by atoms with Crippen LogP contribution in [0.1, 0.15) is 5.56 Å². The van der Waals surface area contributed by atoms with Crippen molar-refractivity contribution in [2.45, 2.75) is 6.42 Å². The van der Waals surface area contributed by atoms with E-state index in [9.17, 15) is 4.79 Å². The molecule has 0 amide bonds. The Morgan fingerprint density at radius 3 is 2.80 bits per heavy atom. The molecule has 1 aromatic heterocycles. The van der Waals surface area contributed by atoms with E-state index in [4.69, 9.17) is 5.73 Å². The SMILES string of the molecule is Nc1cnncc1CC=O. The minimum Gasteiger partial charge on any atom is -0.397 e. The Labute approximate surface area is 58.1 Å².